The van der Waals surface area contributed by atoms with Gasteiger partial charge in [-0.2, -0.15) is 0 Å². The summed E-state index contributed by atoms with van der Waals surface area (Å²) in [6, 6.07) is 5.61. The van der Waals surface area contributed by atoms with E-state index in [0.717, 1.165) is 30.6 Å². The lowest BCUT2D eigenvalue weighted by molar-refractivity contribution is -0.139. The van der Waals surface area contributed by atoms with Crippen LogP contribution in [0.3, 0.4) is 0 Å². The average Bonchev–Trinajstić information content (AvgIpc) is 2.59. The predicted molar refractivity (Wildman–Crippen MR) is 99.5 cm³/mol. The standard InChI is InChI=1S/C21H32O4/c1-3-4-5-6-7-8-9-13-21(2)14-12-17-15-18(24-16-20(22)23)10-11-19(17)25-21/h10-11,15H,3-9,12-14,16H2,1-2H3,(H,22,23). The van der Waals surface area contributed by atoms with Crippen LogP contribution in [0.4, 0.5) is 0 Å². The zero-order valence-corrected chi connectivity index (χ0v) is 15.7. The lowest BCUT2D eigenvalue weighted by Crippen LogP contribution is -2.36. The van der Waals surface area contributed by atoms with Crippen LogP contribution in [0.2, 0.25) is 0 Å². The third-order valence-electron chi connectivity index (χ3n) is 4.98. The van der Waals surface area contributed by atoms with Crippen molar-refractivity contribution in [3.63, 3.8) is 0 Å². The van der Waals surface area contributed by atoms with Crippen LogP contribution >= 0.6 is 0 Å². The summed E-state index contributed by atoms with van der Waals surface area (Å²) in [7, 11) is 0. The van der Waals surface area contributed by atoms with Crippen molar-refractivity contribution in [1.29, 1.82) is 0 Å². The minimum atomic E-state index is -0.962. The minimum Gasteiger partial charge on any atom is -0.487 e. The fraction of sp³-hybridized carbons (Fsp3) is 0.667. The van der Waals surface area contributed by atoms with E-state index in [9.17, 15) is 4.79 Å². The number of benzene rings is 1. The molecule has 0 saturated heterocycles. The molecule has 0 radical (unpaired) electrons. The van der Waals surface area contributed by atoms with Crippen molar-refractivity contribution in [2.45, 2.75) is 83.7 Å². The number of carboxylic acids is 1. The zero-order chi connectivity index (χ0) is 18.1. The Kier molecular flexibility index (Phi) is 7.60. The second-order valence-electron chi connectivity index (χ2n) is 7.38. The fourth-order valence-electron chi connectivity index (χ4n) is 3.43. The zero-order valence-electron chi connectivity index (χ0n) is 15.7. The third-order valence-corrected chi connectivity index (χ3v) is 4.98. The van der Waals surface area contributed by atoms with E-state index in [0.29, 0.717) is 5.75 Å². The summed E-state index contributed by atoms with van der Waals surface area (Å²) < 4.78 is 11.5. The van der Waals surface area contributed by atoms with Gasteiger partial charge in [-0.15, -0.1) is 0 Å². The Morgan fingerprint density at radius 3 is 2.64 bits per heavy atom. The highest BCUT2D eigenvalue weighted by Gasteiger charge is 2.31. The molecule has 0 fully saturated rings. The molecule has 1 heterocycles. The summed E-state index contributed by atoms with van der Waals surface area (Å²) in [5.74, 6) is 0.552. The van der Waals surface area contributed by atoms with Crippen LogP contribution < -0.4 is 9.47 Å². The molecule has 1 N–H and O–H groups in total. The van der Waals surface area contributed by atoms with Gasteiger partial charge >= 0.3 is 5.97 Å². The van der Waals surface area contributed by atoms with Gasteiger partial charge in [-0.05, 0) is 56.4 Å². The Morgan fingerprint density at radius 1 is 1.20 bits per heavy atom. The molecule has 1 aromatic carbocycles. The van der Waals surface area contributed by atoms with E-state index >= 15 is 0 Å². The van der Waals surface area contributed by atoms with Crippen LogP contribution in [0.15, 0.2) is 18.2 Å². The van der Waals surface area contributed by atoms with Crippen LogP contribution in [0.1, 0.15) is 77.2 Å². The van der Waals surface area contributed by atoms with Crippen molar-refractivity contribution in [2.24, 2.45) is 0 Å². The number of unbranched alkanes of at least 4 members (excludes halogenated alkanes) is 6. The molecule has 1 aromatic rings. The Morgan fingerprint density at radius 2 is 1.92 bits per heavy atom. The Bertz CT molecular complexity index is 555. The van der Waals surface area contributed by atoms with Crippen LogP contribution in [-0.2, 0) is 11.2 Å². The first-order chi connectivity index (χ1) is 12.0. The van der Waals surface area contributed by atoms with Gasteiger partial charge in [-0.1, -0.05) is 45.4 Å². The number of carbonyl (C=O) groups is 1. The van der Waals surface area contributed by atoms with Crippen molar-refractivity contribution in [2.75, 3.05) is 6.61 Å². The molecule has 0 amide bonds. The molecule has 0 bridgehead atoms. The predicted octanol–water partition coefficient (Wildman–Crippen LogP) is 5.37. The van der Waals surface area contributed by atoms with Crippen molar-refractivity contribution in [3.8, 4) is 11.5 Å². The molecule has 25 heavy (non-hydrogen) atoms. The lowest BCUT2D eigenvalue weighted by atomic mass is 9.88. The number of fused-ring (bicyclic) bond motifs is 1. The number of rotatable bonds is 11. The summed E-state index contributed by atoms with van der Waals surface area (Å²) in [6.07, 6.45) is 12.3. The summed E-state index contributed by atoms with van der Waals surface area (Å²) in [6.45, 7) is 4.15. The summed E-state index contributed by atoms with van der Waals surface area (Å²) in [4.78, 5) is 10.6. The van der Waals surface area contributed by atoms with E-state index in [2.05, 4.69) is 13.8 Å². The van der Waals surface area contributed by atoms with Gasteiger partial charge in [0.15, 0.2) is 6.61 Å². The van der Waals surface area contributed by atoms with E-state index < -0.39 is 5.97 Å². The third kappa shape index (κ3) is 6.60. The van der Waals surface area contributed by atoms with Crippen LogP contribution in [0.25, 0.3) is 0 Å². The average molecular weight is 348 g/mol. The smallest absolute Gasteiger partial charge is 0.341 e. The lowest BCUT2D eigenvalue weighted by Gasteiger charge is -2.36. The molecule has 4 nitrogen and oxygen atoms in total. The van der Waals surface area contributed by atoms with Crippen molar-refractivity contribution >= 4 is 5.97 Å². The molecule has 1 aliphatic rings. The van der Waals surface area contributed by atoms with Gasteiger partial charge in [0.2, 0.25) is 0 Å². The summed E-state index contributed by atoms with van der Waals surface area (Å²) in [5, 5.41) is 8.70. The van der Waals surface area contributed by atoms with Gasteiger partial charge in [-0.25, -0.2) is 4.79 Å². The highest BCUT2D eigenvalue weighted by molar-refractivity contribution is 5.68. The molecule has 1 unspecified atom stereocenters. The molecule has 0 spiro atoms. The van der Waals surface area contributed by atoms with Crippen LogP contribution in [-0.4, -0.2) is 23.3 Å². The molecule has 4 heteroatoms. The molecule has 1 aliphatic heterocycles. The maximum atomic E-state index is 10.6. The maximum absolute atomic E-state index is 10.6. The van der Waals surface area contributed by atoms with Gasteiger partial charge in [0.1, 0.15) is 17.1 Å². The Labute approximate surface area is 151 Å². The first-order valence-corrected chi connectivity index (χ1v) is 9.69. The Balaban J connectivity index is 1.78. The van der Waals surface area contributed by atoms with Gasteiger partial charge in [-0.3, -0.25) is 0 Å². The van der Waals surface area contributed by atoms with E-state index in [1.807, 2.05) is 12.1 Å². The van der Waals surface area contributed by atoms with Gasteiger partial charge < -0.3 is 14.6 Å². The molecular formula is C21H32O4. The van der Waals surface area contributed by atoms with Crippen molar-refractivity contribution in [3.05, 3.63) is 23.8 Å². The summed E-state index contributed by atoms with van der Waals surface area (Å²) >= 11 is 0. The van der Waals surface area contributed by atoms with E-state index in [-0.39, 0.29) is 12.2 Å². The molecular weight excluding hydrogens is 316 g/mol. The topological polar surface area (TPSA) is 55.8 Å². The van der Waals surface area contributed by atoms with E-state index in [4.69, 9.17) is 14.6 Å². The monoisotopic (exact) mass is 348 g/mol. The molecule has 0 aromatic heterocycles. The molecule has 140 valence electrons. The van der Waals surface area contributed by atoms with E-state index in [1.165, 1.54) is 44.9 Å². The highest BCUT2D eigenvalue weighted by atomic mass is 16.5. The minimum absolute atomic E-state index is 0.0835. The molecule has 1 atom stereocenters. The number of ether oxygens (including phenoxy) is 2. The summed E-state index contributed by atoms with van der Waals surface area (Å²) in [5.41, 5.74) is 1.03. The second-order valence-corrected chi connectivity index (χ2v) is 7.38. The fourth-order valence-corrected chi connectivity index (χ4v) is 3.43. The largest absolute Gasteiger partial charge is 0.487 e. The molecule has 0 saturated carbocycles. The van der Waals surface area contributed by atoms with Crippen LogP contribution in [0.5, 0.6) is 11.5 Å². The first kappa shape index (κ1) is 19.6. The quantitative estimate of drug-likeness (QED) is 0.546. The number of aryl methyl sites for hydroxylation is 1. The number of hydrogen-bond donors (Lipinski definition) is 1. The highest BCUT2D eigenvalue weighted by Crippen LogP contribution is 2.37. The van der Waals surface area contributed by atoms with Crippen molar-refractivity contribution < 1.29 is 19.4 Å². The normalized spacial score (nSPS) is 19.1. The first-order valence-electron chi connectivity index (χ1n) is 9.69. The second kappa shape index (κ2) is 9.69. The molecule has 2 rings (SSSR count). The van der Waals surface area contributed by atoms with Gasteiger partial charge in [0.05, 0.1) is 0 Å². The van der Waals surface area contributed by atoms with Gasteiger partial charge in [0, 0.05) is 0 Å². The van der Waals surface area contributed by atoms with Crippen molar-refractivity contribution in [1.82, 2.24) is 0 Å². The number of hydrogen-bond acceptors (Lipinski definition) is 3. The van der Waals surface area contributed by atoms with E-state index in [1.54, 1.807) is 6.07 Å². The van der Waals surface area contributed by atoms with Crippen LogP contribution in [0, 0.1) is 0 Å². The number of carboxylic acid groups (broad SMARTS) is 1. The SMILES string of the molecule is CCCCCCCCCC1(C)CCc2cc(OCC(=O)O)ccc2O1. The Hall–Kier alpha value is -1.71. The molecule has 0 aliphatic carbocycles. The number of aliphatic carboxylic acids is 1. The van der Waals surface area contributed by atoms with Gasteiger partial charge in [0.25, 0.3) is 0 Å². The maximum Gasteiger partial charge on any atom is 0.341 e.